The second kappa shape index (κ2) is 10.2. The lowest BCUT2D eigenvalue weighted by Gasteiger charge is -2.10. The summed E-state index contributed by atoms with van der Waals surface area (Å²) in [5.74, 6) is -0.143. The maximum absolute atomic E-state index is 12.3. The summed E-state index contributed by atoms with van der Waals surface area (Å²) in [5.41, 5.74) is 4.66. The van der Waals surface area contributed by atoms with Gasteiger partial charge >= 0.3 is 0 Å². The molecule has 0 aliphatic heterocycles. The van der Waals surface area contributed by atoms with Crippen molar-refractivity contribution in [2.45, 2.75) is 5.16 Å². The molecule has 3 N–H and O–H groups in total. The standard InChI is InChI=1S/C23H18ClN5O3S/c24-17-9-7-16(8-10-17)22-27-28-23(29(22)18-4-2-1-3-5-18)33-14-21(32)26-25-13-15-6-11-19(30)20(31)12-15/h1-13,30-31H,14H2,(H,26,32). The van der Waals surface area contributed by atoms with Crippen molar-refractivity contribution in [3.63, 3.8) is 0 Å². The Balaban J connectivity index is 1.48. The Labute approximate surface area is 198 Å². The number of thioether (sulfide) groups is 1. The Morgan fingerprint density at radius 2 is 1.79 bits per heavy atom. The van der Waals surface area contributed by atoms with Gasteiger partial charge in [0, 0.05) is 16.3 Å². The molecule has 0 saturated heterocycles. The van der Waals surface area contributed by atoms with Gasteiger partial charge < -0.3 is 10.2 Å². The minimum Gasteiger partial charge on any atom is -0.504 e. The lowest BCUT2D eigenvalue weighted by Crippen LogP contribution is -2.20. The number of aromatic nitrogens is 3. The molecular weight excluding hydrogens is 462 g/mol. The van der Waals surface area contributed by atoms with Gasteiger partial charge in [0.15, 0.2) is 22.5 Å². The largest absolute Gasteiger partial charge is 0.504 e. The highest BCUT2D eigenvalue weighted by Crippen LogP contribution is 2.28. The van der Waals surface area contributed by atoms with Crippen LogP contribution in [0.1, 0.15) is 5.56 Å². The van der Waals surface area contributed by atoms with E-state index in [1.54, 1.807) is 18.2 Å². The van der Waals surface area contributed by atoms with Crippen LogP contribution in [0.15, 0.2) is 83.1 Å². The minimum atomic E-state index is -0.338. The van der Waals surface area contributed by atoms with Crippen molar-refractivity contribution in [3.05, 3.63) is 83.4 Å². The normalized spacial score (nSPS) is 11.1. The number of hydrogen-bond acceptors (Lipinski definition) is 7. The van der Waals surface area contributed by atoms with Crippen LogP contribution in [0.3, 0.4) is 0 Å². The van der Waals surface area contributed by atoms with Crippen molar-refractivity contribution >= 4 is 35.5 Å². The van der Waals surface area contributed by atoms with E-state index < -0.39 is 0 Å². The fourth-order valence-electron chi connectivity index (χ4n) is 2.92. The second-order valence-corrected chi connectivity index (χ2v) is 8.19. The number of carbonyl (C=O) groups excluding carboxylic acids is 1. The molecule has 0 atom stereocenters. The van der Waals surface area contributed by atoms with E-state index in [1.807, 2.05) is 47.0 Å². The van der Waals surface area contributed by atoms with Gasteiger partial charge in [-0.3, -0.25) is 9.36 Å². The highest BCUT2D eigenvalue weighted by Gasteiger charge is 2.17. The smallest absolute Gasteiger partial charge is 0.250 e. The molecular formula is C23H18ClN5O3S. The highest BCUT2D eigenvalue weighted by molar-refractivity contribution is 7.99. The van der Waals surface area contributed by atoms with E-state index in [0.29, 0.717) is 21.6 Å². The van der Waals surface area contributed by atoms with Crippen LogP contribution >= 0.6 is 23.4 Å². The number of phenols is 2. The minimum absolute atomic E-state index is 0.0593. The predicted octanol–water partition coefficient (Wildman–Crippen LogP) is 4.24. The second-order valence-electron chi connectivity index (χ2n) is 6.81. The van der Waals surface area contributed by atoms with Crippen molar-refractivity contribution < 1.29 is 15.0 Å². The average Bonchev–Trinajstić information content (AvgIpc) is 3.25. The molecule has 1 amide bonds. The molecule has 166 valence electrons. The Kier molecular flexibility index (Phi) is 6.92. The van der Waals surface area contributed by atoms with Gasteiger partial charge in [0.25, 0.3) is 5.91 Å². The summed E-state index contributed by atoms with van der Waals surface area (Å²) in [6, 6.07) is 21.1. The fourth-order valence-corrected chi connectivity index (χ4v) is 3.79. The summed E-state index contributed by atoms with van der Waals surface area (Å²) in [5, 5.41) is 32.5. The van der Waals surface area contributed by atoms with Gasteiger partial charge in [0.05, 0.1) is 12.0 Å². The monoisotopic (exact) mass is 479 g/mol. The number of aromatic hydroxyl groups is 2. The number of hydrogen-bond donors (Lipinski definition) is 3. The molecule has 33 heavy (non-hydrogen) atoms. The lowest BCUT2D eigenvalue weighted by molar-refractivity contribution is -0.118. The number of para-hydroxylation sites is 1. The number of hydrazone groups is 1. The summed E-state index contributed by atoms with van der Waals surface area (Å²) in [6.45, 7) is 0. The zero-order chi connectivity index (χ0) is 23.2. The summed E-state index contributed by atoms with van der Waals surface area (Å²) >= 11 is 7.24. The zero-order valence-electron chi connectivity index (χ0n) is 17.1. The molecule has 0 aliphatic carbocycles. The van der Waals surface area contributed by atoms with Crippen LogP contribution in [-0.4, -0.2) is 42.9 Å². The molecule has 3 aromatic carbocycles. The zero-order valence-corrected chi connectivity index (χ0v) is 18.7. The summed E-state index contributed by atoms with van der Waals surface area (Å²) in [4.78, 5) is 12.3. The number of phenolic OH excluding ortho intramolecular Hbond substituents is 2. The third-order valence-electron chi connectivity index (χ3n) is 4.48. The van der Waals surface area contributed by atoms with Gasteiger partial charge in [-0.25, -0.2) is 5.43 Å². The number of benzene rings is 3. The Hall–Kier alpha value is -3.82. The number of amides is 1. The molecule has 0 bridgehead atoms. The molecule has 0 radical (unpaired) electrons. The lowest BCUT2D eigenvalue weighted by atomic mass is 10.2. The van der Waals surface area contributed by atoms with E-state index in [1.165, 1.54) is 30.1 Å². The fraction of sp³-hybridized carbons (Fsp3) is 0.0435. The van der Waals surface area contributed by atoms with Crippen molar-refractivity contribution in [3.8, 4) is 28.6 Å². The van der Waals surface area contributed by atoms with Crippen LogP contribution in [0.5, 0.6) is 11.5 Å². The van der Waals surface area contributed by atoms with Gasteiger partial charge in [0.2, 0.25) is 0 Å². The van der Waals surface area contributed by atoms with Crippen molar-refractivity contribution in [2.75, 3.05) is 5.75 Å². The van der Waals surface area contributed by atoms with E-state index in [2.05, 4.69) is 20.7 Å². The summed E-state index contributed by atoms with van der Waals surface area (Å²) in [6.07, 6.45) is 1.37. The molecule has 0 aliphatic rings. The topological polar surface area (TPSA) is 113 Å². The first kappa shape index (κ1) is 22.4. The van der Waals surface area contributed by atoms with Crippen LogP contribution in [0.2, 0.25) is 5.02 Å². The molecule has 10 heteroatoms. The first-order chi connectivity index (χ1) is 16.0. The molecule has 1 heterocycles. The predicted molar refractivity (Wildman–Crippen MR) is 128 cm³/mol. The molecule has 0 fully saturated rings. The number of halogens is 1. The van der Waals surface area contributed by atoms with E-state index in [0.717, 1.165) is 11.3 Å². The molecule has 4 rings (SSSR count). The summed E-state index contributed by atoms with van der Waals surface area (Å²) < 4.78 is 1.88. The first-order valence-corrected chi connectivity index (χ1v) is 11.1. The van der Waals surface area contributed by atoms with Gasteiger partial charge in [-0.05, 0) is 60.2 Å². The van der Waals surface area contributed by atoms with Crippen LogP contribution in [-0.2, 0) is 4.79 Å². The third-order valence-corrected chi connectivity index (χ3v) is 5.67. The van der Waals surface area contributed by atoms with Gasteiger partial charge in [-0.15, -0.1) is 10.2 Å². The van der Waals surface area contributed by atoms with Crippen molar-refractivity contribution in [2.24, 2.45) is 5.10 Å². The number of nitrogens with one attached hydrogen (secondary N) is 1. The maximum Gasteiger partial charge on any atom is 0.250 e. The van der Waals surface area contributed by atoms with Crippen molar-refractivity contribution in [1.82, 2.24) is 20.2 Å². The number of carbonyl (C=O) groups is 1. The quantitative estimate of drug-likeness (QED) is 0.158. The van der Waals surface area contributed by atoms with Crippen LogP contribution in [0.25, 0.3) is 17.1 Å². The molecule has 4 aromatic rings. The third kappa shape index (κ3) is 5.51. The highest BCUT2D eigenvalue weighted by atomic mass is 35.5. The van der Waals surface area contributed by atoms with E-state index in [9.17, 15) is 15.0 Å². The van der Waals surface area contributed by atoms with Gasteiger partial charge in [-0.2, -0.15) is 5.10 Å². The molecule has 8 nitrogen and oxygen atoms in total. The van der Waals surface area contributed by atoms with E-state index in [4.69, 9.17) is 11.6 Å². The molecule has 0 unspecified atom stereocenters. The first-order valence-electron chi connectivity index (χ1n) is 9.75. The van der Waals surface area contributed by atoms with Gasteiger partial charge in [0.1, 0.15) is 0 Å². The Morgan fingerprint density at radius 3 is 2.52 bits per heavy atom. The van der Waals surface area contributed by atoms with Gasteiger partial charge in [-0.1, -0.05) is 41.6 Å². The molecule has 1 aromatic heterocycles. The van der Waals surface area contributed by atoms with E-state index in [-0.39, 0.29) is 23.2 Å². The molecule has 0 spiro atoms. The van der Waals surface area contributed by atoms with Crippen LogP contribution in [0, 0.1) is 0 Å². The number of rotatable bonds is 7. The van der Waals surface area contributed by atoms with E-state index >= 15 is 0 Å². The Bertz CT molecular complexity index is 1290. The maximum atomic E-state index is 12.3. The van der Waals surface area contributed by atoms with Crippen LogP contribution in [0.4, 0.5) is 0 Å². The van der Waals surface area contributed by atoms with Crippen LogP contribution < -0.4 is 5.43 Å². The average molecular weight is 480 g/mol. The SMILES string of the molecule is O=C(CSc1nnc(-c2ccc(Cl)cc2)n1-c1ccccc1)NN=Cc1ccc(O)c(O)c1. The number of nitrogens with zero attached hydrogens (tertiary/aromatic N) is 4. The molecule has 0 saturated carbocycles. The van der Waals surface area contributed by atoms with Crippen molar-refractivity contribution in [1.29, 1.82) is 0 Å². The Morgan fingerprint density at radius 1 is 1.03 bits per heavy atom. The summed E-state index contributed by atoms with van der Waals surface area (Å²) in [7, 11) is 0.